The van der Waals surface area contributed by atoms with Crippen LogP contribution < -0.4 is 10.2 Å². The first-order valence-electron chi connectivity index (χ1n) is 9.32. The van der Waals surface area contributed by atoms with E-state index in [0.717, 1.165) is 25.7 Å². The normalized spacial score (nSPS) is 27.3. The van der Waals surface area contributed by atoms with Gasteiger partial charge in [-0.3, -0.25) is 10.0 Å². The molecule has 0 spiro atoms. The number of fused-ring (bicyclic) bond motifs is 2. The molecule has 0 aromatic heterocycles. The lowest BCUT2D eigenvalue weighted by atomic mass is 9.83. The Balaban J connectivity index is 1.57. The van der Waals surface area contributed by atoms with Gasteiger partial charge in [-0.2, -0.15) is 0 Å². The second-order valence-corrected chi connectivity index (χ2v) is 8.76. The summed E-state index contributed by atoms with van der Waals surface area (Å²) in [5.41, 5.74) is 1.62. The summed E-state index contributed by atoms with van der Waals surface area (Å²) >= 11 is 0. The Morgan fingerprint density at radius 3 is 2.67 bits per heavy atom. The first-order chi connectivity index (χ1) is 13.0. The van der Waals surface area contributed by atoms with E-state index in [1.165, 1.54) is 0 Å². The molecule has 1 amide bonds. The highest BCUT2D eigenvalue weighted by Crippen LogP contribution is 2.41. The van der Waals surface area contributed by atoms with Gasteiger partial charge in [0.25, 0.3) is 0 Å². The highest BCUT2D eigenvalue weighted by molar-refractivity contribution is 7.89. The van der Waals surface area contributed by atoms with Crippen LogP contribution in [0.3, 0.4) is 0 Å². The number of sulfonamides is 1. The predicted molar refractivity (Wildman–Crippen MR) is 99.5 cm³/mol. The van der Waals surface area contributed by atoms with Gasteiger partial charge >= 0.3 is 0 Å². The van der Waals surface area contributed by atoms with Crippen LogP contribution in [-0.2, 0) is 19.6 Å². The van der Waals surface area contributed by atoms with Crippen molar-refractivity contribution < 1.29 is 23.2 Å². The van der Waals surface area contributed by atoms with Crippen molar-refractivity contribution in [3.8, 4) is 0 Å². The number of amides is 1. The van der Waals surface area contributed by atoms with E-state index in [2.05, 4.69) is 4.72 Å². The molecule has 0 unspecified atom stereocenters. The van der Waals surface area contributed by atoms with E-state index in [-0.39, 0.29) is 41.4 Å². The van der Waals surface area contributed by atoms with Crippen LogP contribution in [0.1, 0.15) is 38.5 Å². The Morgan fingerprint density at radius 1 is 1.19 bits per heavy atom. The number of hydrogen-bond donors (Lipinski definition) is 3. The molecule has 148 valence electrons. The van der Waals surface area contributed by atoms with Crippen LogP contribution in [0.25, 0.3) is 0 Å². The second kappa shape index (κ2) is 8.97. The fourth-order valence-corrected chi connectivity index (χ4v) is 5.23. The van der Waals surface area contributed by atoms with Crippen molar-refractivity contribution in [1.82, 2.24) is 10.2 Å². The van der Waals surface area contributed by atoms with E-state index < -0.39 is 10.0 Å². The van der Waals surface area contributed by atoms with Crippen LogP contribution in [0.15, 0.2) is 47.4 Å². The summed E-state index contributed by atoms with van der Waals surface area (Å²) in [4.78, 5) is 11.2. The van der Waals surface area contributed by atoms with Crippen LogP contribution in [0.2, 0.25) is 0 Å². The minimum absolute atomic E-state index is 0.0693. The molecule has 1 aromatic carbocycles. The lowest BCUT2D eigenvalue weighted by Gasteiger charge is -2.27. The lowest BCUT2D eigenvalue weighted by molar-refractivity contribution is -0.129. The van der Waals surface area contributed by atoms with E-state index in [1.54, 1.807) is 35.8 Å². The summed E-state index contributed by atoms with van der Waals surface area (Å²) in [5.74, 6) is -0.278. The third-order valence-corrected chi connectivity index (χ3v) is 6.72. The number of rotatable bonds is 9. The van der Waals surface area contributed by atoms with Crippen LogP contribution in [-0.4, -0.2) is 37.8 Å². The molecule has 2 bridgehead atoms. The fourth-order valence-electron chi connectivity index (χ4n) is 3.89. The van der Waals surface area contributed by atoms with Crippen molar-refractivity contribution in [1.29, 1.82) is 0 Å². The number of hydroxylamine groups is 1. The van der Waals surface area contributed by atoms with Gasteiger partial charge in [0.05, 0.1) is 23.1 Å². The van der Waals surface area contributed by atoms with Crippen LogP contribution in [0.5, 0.6) is 0 Å². The quantitative estimate of drug-likeness (QED) is 0.258. The van der Waals surface area contributed by atoms with Crippen molar-refractivity contribution in [3.05, 3.63) is 42.5 Å². The van der Waals surface area contributed by atoms with E-state index >= 15 is 0 Å². The van der Waals surface area contributed by atoms with Crippen molar-refractivity contribution in [2.45, 2.75) is 61.7 Å². The molecule has 2 heterocycles. The van der Waals surface area contributed by atoms with Gasteiger partial charge in [-0.25, -0.2) is 18.6 Å². The summed E-state index contributed by atoms with van der Waals surface area (Å²) in [5, 5.41) is 8.46. The molecule has 4 atom stereocenters. The van der Waals surface area contributed by atoms with E-state index in [1.807, 2.05) is 12.2 Å². The number of carbonyl (C=O) groups excluding carboxylic acids is 1. The predicted octanol–water partition coefficient (Wildman–Crippen LogP) is 2.13. The van der Waals surface area contributed by atoms with Gasteiger partial charge in [0.1, 0.15) is 0 Å². The Kier molecular flexibility index (Phi) is 6.64. The van der Waals surface area contributed by atoms with Crippen LogP contribution in [0.4, 0.5) is 0 Å². The largest absolute Gasteiger partial charge is 0.373 e. The number of benzene rings is 1. The molecule has 27 heavy (non-hydrogen) atoms. The zero-order valence-electron chi connectivity index (χ0n) is 15.1. The third-order valence-electron chi connectivity index (χ3n) is 5.24. The molecule has 3 N–H and O–H groups in total. The average molecular weight is 394 g/mol. The minimum Gasteiger partial charge on any atom is -0.373 e. The molecule has 2 saturated heterocycles. The molecule has 0 aliphatic carbocycles. The fraction of sp³-hybridized carbons (Fsp3) is 0.526. The Labute approximate surface area is 159 Å². The molecule has 8 heteroatoms. The van der Waals surface area contributed by atoms with E-state index in [9.17, 15) is 13.2 Å². The Morgan fingerprint density at radius 2 is 1.93 bits per heavy atom. The van der Waals surface area contributed by atoms with Gasteiger partial charge in [-0.05, 0) is 44.2 Å². The number of ether oxygens (including phenoxy) is 1. The number of nitrogens with one attached hydrogen (secondary N) is 2. The summed E-state index contributed by atoms with van der Waals surface area (Å²) in [6.07, 6.45) is 8.28. The molecule has 0 radical (unpaired) electrons. The van der Waals surface area contributed by atoms with Gasteiger partial charge in [0.15, 0.2) is 0 Å². The Hall–Kier alpha value is -1.74. The number of allylic oxidation sites excluding steroid dienone is 2. The van der Waals surface area contributed by atoms with Gasteiger partial charge in [-0.15, -0.1) is 0 Å². The molecular formula is C19H26N2O5S. The molecule has 7 nitrogen and oxygen atoms in total. The first kappa shape index (κ1) is 20.0. The zero-order valence-corrected chi connectivity index (χ0v) is 15.9. The second-order valence-electron chi connectivity index (χ2n) is 7.05. The summed E-state index contributed by atoms with van der Waals surface area (Å²) in [6, 6.07) is 8.17. The van der Waals surface area contributed by atoms with Gasteiger partial charge < -0.3 is 4.74 Å². The molecule has 0 saturated carbocycles. The molecule has 2 aliphatic rings. The van der Waals surface area contributed by atoms with Gasteiger partial charge in [0, 0.05) is 12.3 Å². The minimum atomic E-state index is -3.57. The molecule has 1 aromatic rings. The van der Waals surface area contributed by atoms with E-state index in [0.29, 0.717) is 6.42 Å². The number of unbranched alkanes of at least 4 members (excludes halogenated alkanes) is 1. The highest BCUT2D eigenvalue weighted by atomic mass is 32.2. The molecule has 2 aliphatic heterocycles. The first-order valence-corrected chi connectivity index (χ1v) is 10.8. The van der Waals surface area contributed by atoms with Crippen LogP contribution >= 0.6 is 0 Å². The third kappa shape index (κ3) is 4.95. The summed E-state index contributed by atoms with van der Waals surface area (Å²) in [6.45, 7) is 0. The maximum absolute atomic E-state index is 12.7. The smallest absolute Gasteiger partial charge is 0.243 e. The standard InChI is InChI=1S/C19H26N2O5S/c22-18(20-23)11-7-2-1-6-10-15-16-12-13-17(26-16)19(15)21-27(24,25)14-8-4-3-5-9-14/h1,3-6,8-9,15-17,19,21,23H,2,7,10-13H2,(H,20,22)/t15-,16+,17-,19+/m0/s1. The average Bonchev–Trinajstić information content (AvgIpc) is 3.27. The number of carbonyl (C=O) groups is 1. The van der Waals surface area contributed by atoms with Crippen molar-refractivity contribution in [2.75, 3.05) is 0 Å². The Bertz CT molecular complexity index is 766. The van der Waals surface area contributed by atoms with Crippen molar-refractivity contribution >= 4 is 15.9 Å². The molecular weight excluding hydrogens is 368 g/mol. The maximum atomic E-state index is 12.7. The monoisotopic (exact) mass is 394 g/mol. The number of hydrogen-bond acceptors (Lipinski definition) is 5. The van der Waals surface area contributed by atoms with Crippen molar-refractivity contribution in [2.24, 2.45) is 5.92 Å². The van der Waals surface area contributed by atoms with Gasteiger partial charge in [-0.1, -0.05) is 30.4 Å². The lowest BCUT2D eigenvalue weighted by Crippen LogP contribution is -2.46. The molecule has 3 rings (SSSR count). The zero-order chi connectivity index (χ0) is 19.3. The summed E-state index contributed by atoms with van der Waals surface area (Å²) in [7, 11) is -3.57. The van der Waals surface area contributed by atoms with Gasteiger partial charge in [0.2, 0.25) is 15.9 Å². The highest BCUT2D eigenvalue weighted by Gasteiger charge is 2.49. The van der Waals surface area contributed by atoms with Crippen molar-refractivity contribution in [3.63, 3.8) is 0 Å². The van der Waals surface area contributed by atoms with Crippen LogP contribution in [0, 0.1) is 5.92 Å². The topological polar surface area (TPSA) is 105 Å². The maximum Gasteiger partial charge on any atom is 0.243 e. The SMILES string of the molecule is O=C(CCCC=CC[C@@H]1[C@@H](NS(=O)(=O)c2ccccc2)[C@@H]2CC[C@H]1O2)NO. The van der Waals surface area contributed by atoms with E-state index in [4.69, 9.17) is 9.94 Å². The molecule has 2 fully saturated rings. The summed E-state index contributed by atoms with van der Waals surface area (Å²) < 4.78 is 34.2.